The second kappa shape index (κ2) is 8.58. The molecule has 1 aromatic heterocycles. The van der Waals surface area contributed by atoms with Crippen LogP contribution in [0.1, 0.15) is 129 Å². The first-order chi connectivity index (χ1) is 18.2. The monoisotopic (exact) mass is 532 g/mol. The summed E-state index contributed by atoms with van der Waals surface area (Å²) >= 11 is 0. The number of carboxylic acid groups (broad SMARTS) is 1. The third-order valence-electron chi connectivity index (χ3n) is 14.6. The van der Waals surface area contributed by atoms with E-state index in [0.717, 1.165) is 29.9 Å². The van der Waals surface area contributed by atoms with Crippen molar-refractivity contribution in [2.75, 3.05) is 0 Å². The van der Waals surface area contributed by atoms with Gasteiger partial charge in [-0.3, -0.25) is 5.10 Å². The Morgan fingerprint density at radius 1 is 1.03 bits per heavy atom. The van der Waals surface area contributed by atoms with E-state index in [1.54, 1.807) is 6.07 Å². The highest BCUT2D eigenvalue weighted by Crippen LogP contribution is 2.78. The van der Waals surface area contributed by atoms with E-state index in [2.05, 4.69) is 71.3 Å². The normalized spacial score (nSPS) is 46.3. The van der Waals surface area contributed by atoms with Crippen molar-refractivity contribution in [3.8, 4) is 0 Å². The van der Waals surface area contributed by atoms with Crippen LogP contribution in [0, 0.1) is 56.7 Å². The molecule has 4 saturated carbocycles. The molecule has 0 spiro atoms. The van der Waals surface area contributed by atoms with Gasteiger partial charge in [0.2, 0.25) is 0 Å². The molecule has 2 N–H and O–H groups in total. The Morgan fingerprint density at radius 3 is 2.41 bits per heavy atom. The molecule has 1 heterocycles. The molecule has 1 aromatic rings. The molecular weight excluding hydrogens is 480 g/mol. The molecular formula is C35H52N2O2. The van der Waals surface area contributed by atoms with Gasteiger partial charge in [-0.1, -0.05) is 66.2 Å². The first kappa shape index (κ1) is 27.3. The number of nitrogens with zero attached hydrogens (tertiary/aromatic N) is 1. The van der Waals surface area contributed by atoms with Crippen LogP contribution in [0.25, 0.3) is 5.57 Å². The van der Waals surface area contributed by atoms with Gasteiger partial charge in [0.1, 0.15) is 5.69 Å². The molecule has 4 heteroatoms. The van der Waals surface area contributed by atoms with E-state index in [4.69, 9.17) is 0 Å². The van der Waals surface area contributed by atoms with Gasteiger partial charge in [-0.2, -0.15) is 5.10 Å². The van der Waals surface area contributed by atoms with Crippen molar-refractivity contribution in [2.24, 2.45) is 56.7 Å². The maximum Gasteiger partial charge on any atom is 0.353 e. The highest BCUT2D eigenvalue weighted by molar-refractivity contribution is 5.86. The molecule has 4 nitrogen and oxygen atoms in total. The smallest absolute Gasteiger partial charge is 0.353 e. The van der Waals surface area contributed by atoms with Crippen molar-refractivity contribution in [3.05, 3.63) is 35.7 Å². The summed E-state index contributed by atoms with van der Waals surface area (Å²) in [6.45, 7) is 22.2. The molecule has 0 radical (unpaired) electrons. The van der Waals surface area contributed by atoms with Crippen LogP contribution in [0.5, 0.6) is 0 Å². The van der Waals surface area contributed by atoms with Gasteiger partial charge in [0.15, 0.2) is 0 Å². The lowest BCUT2D eigenvalue weighted by Crippen LogP contribution is -2.65. The lowest BCUT2D eigenvalue weighted by Gasteiger charge is -2.72. The number of allylic oxidation sites excluding steroid dienone is 3. The average Bonchev–Trinajstić information content (AvgIpc) is 3.50. The van der Waals surface area contributed by atoms with E-state index >= 15 is 0 Å². The molecule has 0 aliphatic heterocycles. The van der Waals surface area contributed by atoms with E-state index in [9.17, 15) is 9.90 Å². The number of H-pyrrole nitrogens is 1. The van der Waals surface area contributed by atoms with Crippen LogP contribution in [0.2, 0.25) is 0 Å². The van der Waals surface area contributed by atoms with Crippen molar-refractivity contribution in [1.82, 2.24) is 10.2 Å². The quantitative estimate of drug-likeness (QED) is 0.380. The van der Waals surface area contributed by atoms with Crippen molar-refractivity contribution in [3.63, 3.8) is 0 Å². The first-order valence-electron chi connectivity index (χ1n) is 15.9. The molecule has 9 atom stereocenters. The number of hydrogen-bond donors (Lipinski definition) is 2. The minimum atomic E-state index is -0.943. The Morgan fingerprint density at radius 2 is 1.77 bits per heavy atom. The Labute approximate surface area is 236 Å². The summed E-state index contributed by atoms with van der Waals surface area (Å²) in [5, 5.41) is 16.7. The van der Waals surface area contributed by atoms with Crippen molar-refractivity contribution < 1.29 is 9.90 Å². The predicted molar refractivity (Wildman–Crippen MR) is 158 cm³/mol. The molecule has 214 valence electrons. The van der Waals surface area contributed by atoms with Crippen LogP contribution in [-0.4, -0.2) is 21.3 Å². The van der Waals surface area contributed by atoms with Crippen LogP contribution in [0.3, 0.4) is 0 Å². The molecule has 0 unspecified atom stereocenters. The molecule has 0 aromatic carbocycles. The minimum Gasteiger partial charge on any atom is -0.477 e. The third-order valence-corrected chi connectivity index (χ3v) is 14.6. The topological polar surface area (TPSA) is 66.0 Å². The number of hydrogen-bond acceptors (Lipinski definition) is 2. The number of carboxylic acids is 1. The number of nitrogens with one attached hydrogen (secondary N) is 1. The van der Waals surface area contributed by atoms with Crippen molar-refractivity contribution in [2.45, 2.75) is 113 Å². The van der Waals surface area contributed by atoms with E-state index < -0.39 is 5.97 Å². The Bertz CT molecular complexity index is 1220. The highest BCUT2D eigenvalue weighted by atomic mass is 16.4. The first-order valence-corrected chi connectivity index (χ1v) is 15.9. The van der Waals surface area contributed by atoms with Gasteiger partial charge < -0.3 is 5.11 Å². The molecule has 5 aliphatic carbocycles. The molecule has 4 fully saturated rings. The SMILES string of the molecule is C=C(C)[C@@H]1CC[C@]2(CC)CC[C@]3(C)[C@H](CC[C@@H]4[C@@]5(C)CC=C(c6cc(C(=O)O)[nH]n6)C(C)(C)[C@@H]5CC[C@]43C)[C@@H]12. The van der Waals surface area contributed by atoms with E-state index in [0.29, 0.717) is 28.1 Å². The summed E-state index contributed by atoms with van der Waals surface area (Å²) in [7, 11) is 0. The number of aromatic amines is 1. The van der Waals surface area contributed by atoms with Gasteiger partial charge in [0.05, 0.1) is 5.69 Å². The van der Waals surface area contributed by atoms with Crippen molar-refractivity contribution >= 4 is 11.5 Å². The lowest BCUT2D eigenvalue weighted by atomic mass is 9.32. The van der Waals surface area contributed by atoms with Gasteiger partial charge >= 0.3 is 5.97 Å². The van der Waals surface area contributed by atoms with Crippen LogP contribution in [0.15, 0.2) is 24.3 Å². The summed E-state index contributed by atoms with van der Waals surface area (Å²) in [5.41, 5.74) is 5.17. The molecule has 5 aliphatic rings. The highest BCUT2D eigenvalue weighted by Gasteiger charge is 2.70. The Kier molecular flexibility index (Phi) is 6.02. The fraction of sp³-hybridized carbons (Fsp3) is 0.771. The third kappa shape index (κ3) is 3.41. The largest absolute Gasteiger partial charge is 0.477 e. The maximum absolute atomic E-state index is 11.5. The van der Waals surface area contributed by atoms with E-state index in [1.165, 1.54) is 68.9 Å². The second-order valence-corrected chi connectivity index (χ2v) is 15.9. The standard InChI is InChI=1S/C35H52N2O2/c1-9-35-17-12-22(21(2)3)29(35)24-10-11-28-32(6)15-13-23(25-20-26(30(38)39)37-36-25)31(4,5)27(32)14-16-34(28,8)33(24,7)18-19-35/h13,20,22,24,27-29H,2,9-12,14-19H2,1,3-8H3,(H,36,37)(H,38,39)/t22-,24+,27-,28+,29+,32-,33+,34+,35+/m0/s1. The molecule has 0 amide bonds. The van der Waals surface area contributed by atoms with Gasteiger partial charge in [0, 0.05) is 0 Å². The Balaban J connectivity index is 1.37. The zero-order chi connectivity index (χ0) is 28.2. The summed E-state index contributed by atoms with van der Waals surface area (Å²) in [6, 6.07) is 1.74. The number of carbonyl (C=O) groups is 1. The van der Waals surface area contributed by atoms with Crippen LogP contribution in [-0.2, 0) is 0 Å². The van der Waals surface area contributed by atoms with Crippen molar-refractivity contribution in [1.29, 1.82) is 0 Å². The Hall–Kier alpha value is -1.84. The molecule has 0 bridgehead atoms. The molecule has 6 rings (SSSR count). The summed E-state index contributed by atoms with van der Waals surface area (Å²) in [5.74, 6) is 2.69. The molecule has 39 heavy (non-hydrogen) atoms. The maximum atomic E-state index is 11.5. The zero-order valence-electron chi connectivity index (χ0n) is 25.6. The summed E-state index contributed by atoms with van der Waals surface area (Å²) < 4.78 is 0. The van der Waals surface area contributed by atoms with Gasteiger partial charge in [0.25, 0.3) is 0 Å². The molecule has 0 saturated heterocycles. The number of aromatic nitrogens is 2. The minimum absolute atomic E-state index is 0.0442. The lowest BCUT2D eigenvalue weighted by molar-refractivity contribution is -0.225. The van der Waals surface area contributed by atoms with Crippen LogP contribution >= 0.6 is 0 Å². The zero-order valence-corrected chi connectivity index (χ0v) is 25.6. The number of aromatic carboxylic acids is 1. The fourth-order valence-corrected chi connectivity index (χ4v) is 12.5. The number of rotatable bonds is 4. The predicted octanol–water partition coefficient (Wildman–Crippen LogP) is 9.17. The van der Waals surface area contributed by atoms with E-state index in [1.807, 2.05) is 0 Å². The second-order valence-electron chi connectivity index (χ2n) is 15.9. The van der Waals surface area contributed by atoms with Gasteiger partial charge in [-0.25, -0.2) is 4.79 Å². The van der Waals surface area contributed by atoms with Crippen LogP contribution < -0.4 is 0 Å². The fourth-order valence-electron chi connectivity index (χ4n) is 12.5. The van der Waals surface area contributed by atoms with Gasteiger partial charge in [-0.15, -0.1) is 0 Å². The summed E-state index contributed by atoms with van der Waals surface area (Å²) in [4.78, 5) is 11.5. The van der Waals surface area contributed by atoms with E-state index in [-0.39, 0.29) is 16.5 Å². The number of fused-ring (bicyclic) bond motifs is 7. The van der Waals surface area contributed by atoms with Crippen LogP contribution in [0.4, 0.5) is 0 Å². The van der Waals surface area contributed by atoms with Gasteiger partial charge in [-0.05, 0) is 133 Å². The average molecular weight is 533 g/mol. The summed E-state index contributed by atoms with van der Waals surface area (Å²) in [6.07, 6.45) is 15.7.